The normalized spacial score (nSPS) is 20.2. The van der Waals surface area contributed by atoms with Crippen LogP contribution in [0.3, 0.4) is 0 Å². The van der Waals surface area contributed by atoms with E-state index in [2.05, 4.69) is 54.0 Å². The molecule has 5 rings (SSSR count). The molecular formula is C23H18N2OS. The van der Waals surface area contributed by atoms with Crippen molar-refractivity contribution in [3.8, 4) is 0 Å². The predicted molar refractivity (Wildman–Crippen MR) is 112 cm³/mol. The Morgan fingerprint density at radius 3 is 2.48 bits per heavy atom. The number of anilines is 2. The lowest BCUT2D eigenvalue weighted by molar-refractivity contribution is -0.116. The number of rotatable bonds is 1. The van der Waals surface area contributed by atoms with E-state index in [1.54, 1.807) is 11.8 Å². The Labute approximate surface area is 162 Å². The number of aryl methyl sites for hydroxylation is 1. The molecule has 0 radical (unpaired) electrons. The lowest BCUT2D eigenvalue weighted by atomic mass is 9.96. The van der Waals surface area contributed by atoms with E-state index in [0.29, 0.717) is 0 Å². The highest BCUT2D eigenvalue weighted by Crippen LogP contribution is 2.54. The molecule has 1 unspecified atom stereocenters. The summed E-state index contributed by atoms with van der Waals surface area (Å²) in [5.74, 6) is -0.00159. The van der Waals surface area contributed by atoms with Crippen LogP contribution < -0.4 is 10.6 Å². The molecule has 0 saturated heterocycles. The number of para-hydroxylation sites is 1. The van der Waals surface area contributed by atoms with Crippen LogP contribution in [0.4, 0.5) is 11.4 Å². The smallest absolute Gasteiger partial charge is 0.249 e. The molecule has 4 heteroatoms. The van der Waals surface area contributed by atoms with Crippen molar-refractivity contribution in [3.05, 3.63) is 95.6 Å². The molecule has 2 aliphatic rings. The van der Waals surface area contributed by atoms with E-state index >= 15 is 0 Å². The molecule has 2 heterocycles. The molecule has 2 N–H and O–H groups in total. The lowest BCUT2D eigenvalue weighted by Gasteiger charge is -2.23. The Hall–Kier alpha value is -2.98. The zero-order valence-corrected chi connectivity index (χ0v) is 15.6. The number of carbonyl (C=O) groups is 1. The fourth-order valence-corrected chi connectivity index (χ4v) is 5.11. The minimum atomic E-state index is -0.798. The van der Waals surface area contributed by atoms with Crippen LogP contribution >= 0.6 is 11.8 Å². The molecule has 3 aromatic carbocycles. The minimum Gasteiger partial charge on any atom is -0.354 e. The second-order valence-corrected chi connectivity index (χ2v) is 8.17. The van der Waals surface area contributed by atoms with Gasteiger partial charge in [-0.1, -0.05) is 66.4 Å². The van der Waals surface area contributed by atoms with Crippen molar-refractivity contribution < 1.29 is 4.79 Å². The molecule has 0 saturated carbocycles. The molecule has 1 amide bonds. The monoisotopic (exact) mass is 370 g/mol. The molecule has 0 bridgehead atoms. The third-order valence-corrected chi connectivity index (χ3v) is 6.43. The van der Waals surface area contributed by atoms with Crippen molar-refractivity contribution >= 4 is 34.7 Å². The summed E-state index contributed by atoms with van der Waals surface area (Å²) < 4.78 is -0.798. The van der Waals surface area contributed by atoms with Crippen molar-refractivity contribution in [1.29, 1.82) is 0 Å². The van der Waals surface area contributed by atoms with E-state index in [9.17, 15) is 4.79 Å². The highest BCUT2D eigenvalue weighted by Gasteiger charge is 2.48. The van der Waals surface area contributed by atoms with E-state index in [1.165, 1.54) is 5.56 Å². The SMILES string of the molecule is Cc1ccc2c(c1)SC1(C=C(c3ccccc3)N2)C(=O)Nc2ccccc21. The van der Waals surface area contributed by atoms with Gasteiger partial charge in [0.05, 0.1) is 5.69 Å². The molecule has 132 valence electrons. The van der Waals surface area contributed by atoms with Gasteiger partial charge in [0.15, 0.2) is 0 Å². The molecule has 2 aliphatic heterocycles. The van der Waals surface area contributed by atoms with Crippen molar-refractivity contribution in [1.82, 2.24) is 0 Å². The molecule has 3 nitrogen and oxygen atoms in total. The van der Waals surface area contributed by atoms with Crippen LogP contribution in [0.15, 0.2) is 83.8 Å². The quantitative estimate of drug-likeness (QED) is 0.602. The van der Waals surface area contributed by atoms with E-state index in [1.807, 2.05) is 42.5 Å². The van der Waals surface area contributed by atoms with E-state index < -0.39 is 4.75 Å². The van der Waals surface area contributed by atoms with E-state index in [-0.39, 0.29) is 5.91 Å². The second kappa shape index (κ2) is 6.03. The third kappa shape index (κ3) is 2.56. The minimum absolute atomic E-state index is 0.00159. The second-order valence-electron chi connectivity index (χ2n) is 6.89. The van der Waals surface area contributed by atoms with Gasteiger partial charge >= 0.3 is 0 Å². The van der Waals surface area contributed by atoms with Gasteiger partial charge in [-0.15, -0.1) is 0 Å². The summed E-state index contributed by atoms with van der Waals surface area (Å²) in [5, 5.41) is 6.64. The van der Waals surface area contributed by atoms with Gasteiger partial charge in [-0.05, 0) is 42.3 Å². The maximum Gasteiger partial charge on any atom is 0.249 e. The Morgan fingerprint density at radius 2 is 1.63 bits per heavy atom. The summed E-state index contributed by atoms with van der Waals surface area (Å²) >= 11 is 1.60. The van der Waals surface area contributed by atoms with Gasteiger partial charge in [0.1, 0.15) is 4.75 Å². The van der Waals surface area contributed by atoms with Gasteiger partial charge < -0.3 is 10.6 Å². The van der Waals surface area contributed by atoms with Crippen LogP contribution in [0.2, 0.25) is 0 Å². The number of nitrogens with one attached hydrogen (secondary N) is 2. The average molecular weight is 370 g/mol. The van der Waals surface area contributed by atoms with Crippen molar-refractivity contribution in [2.75, 3.05) is 10.6 Å². The molecule has 0 aliphatic carbocycles. The van der Waals surface area contributed by atoms with Crippen LogP contribution in [0.1, 0.15) is 16.7 Å². The summed E-state index contributed by atoms with van der Waals surface area (Å²) in [4.78, 5) is 14.3. The Bertz CT molecular complexity index is 1090. The van der Waals surface area contributed by atoms with Crippen LogP contribution in [0.5, 0.6) is 0 Å². The number of carbonyl (C=O) groups excluding carboxylic acids is 1. The predicted octanol–water partition coefficient (Wildman–Crippen LogP) is 5.40. The first kappa shape index (κ1) is 16.2. The van der Waals surface area contributed by atoms with E-state index in [0.717, 1.165) is 33.1 Å². The molecule has 27 heavy (non-hydrogen) atoms. The fourth-order valence-electron chi connectivity index (χ4n) is 3.68. The topological polar surface area (TPSA) is 41.1 Å². The zero-order chi connectivity index (χ0) is 18.4. The summed E-state index contributed by atoms with van der Waals surface area (Å²) in [5.41, 5.74) is 6.09. The average Bonchev–Trinajstić information content (AvgIpc) is 2.84. The number of fused-ring (bicyclic) bond motifs is 3. The summed E-state index contributed by atoms with van der Waals surface area (Å²) in [7, 11) is 0. The molecule has 1 spiro atoms. The largest absolute Gasteiger partial charge is 0.354 e. The lowest BCUT2D eigenvalue weighted by Crippen LogP contribution is -2.29. The zero-order valence-electron chi connectivity index (χ0n) is 14.8. The number of amides is 1. The van der Waals surface area contributed by atoms with Gasteiger partial charge in [-0.2, -0.15) is 0 Å². The number of benzene rings is 3. The molecular weight excluding hydrogens is 352 g/mol. The van der Waals surface area contributed by atoms with E-state index in [4.69, 9.17) is 0 Å². The van der Waals surface area contributed by atoms with Crippen LogP contribution in [-0.2, 0) is 9.54 Å². The van der Waals surface area contributed by atoms with Crippen molar-refractivity contribution in [3.63, 3.8) is 0 Å². The summed E-state index contributed by atoms with van der Waals surface area (Å²) in [6.45, 7) is 2.08. The first-order chi connectivity index (χ1) is 13.2. The molecule has 1 atom stereocenters. The Kier molecular flexibility index (Phi) is 3.62. The number of hydrogen-bond acceptors (Lipinski definition) is 3. The highest BCUT2D eigenvalue weighted by atomic mass is 32.2. The van der Waals surface area contributed by atoms with Crippen LogP contribution in [0, 0.1) is 6.92 Å². The Morgan fingerprint density at radius 1 is 0.852 bits per heavy atom. The maximum absolute atomic E-state index is 13.2. The molecule has 0 aromatic heterocycles. The number of hydrogen-bond donors (Lipinski definition) is 2. The maximum atomic E-state index is 13.2. The summed E-state index contributed by atoms with van der Waals surface area (Å²) in [6, 6.07) is 24.4. The van der Waals surface area contributed by atoms with Gasteiger partial charge in [-0.3, -0.25) is 4.79 Å². The summed E-state index contributed by atoms with van der Waals surface area (Å²) in [6.07, 6.45) is 2.07. The standard InChI is InChI=1S/C23H18N2OS/c1-15-11-12-19-21(13-15)27-23(14-20(24-19)16-7-3-2-4-8-16)17-9-5-6-10-18(17)25-22(23)26/h2-14,24H,1H3,(H,25,26). The number of thioether (sulfide) groups is 1. The van der Waals surface area contributed by atoms with Gasteiger partial charge in [-0.25, -0.2) is 0 Å². The molecule has 3 aromatic rings. The first-order valence-electron chi connectivity index (χ1n) is 8.92. The third-order valence-electron chi connectivity index (χ3n) is 5.02. The molecule has 0 fully saturated rings. The van der Waals surface area contributed by atoms with Crippen LogP contribution in [-0.4, -0.2) is 5.91 Å². The Balaban J connectivity index is 1.78. The van der Waals surface area contributed by atoms with Gasteiger partial charge in [0.2, 0.25) is 5.91 Å². The highest BCUT2D eigenvalue weighted by molar-refractivity contribution is 8.01. The van der Waals surface area contributed by atoms with Crippen molar-refractivity contribution in [2.24, 2.45) is 0 Å². The van der Waals surface area contributed by atoms with Crippen LogP contribution in [0.25, 0.3) is 5.70 Å². The van der Waals surface area contributed by atoms with Gasteiger partial charge in [0, 0.05) is 21.8 Å². The fraction of sp³-hybridized carbons (Fsp3) is 0.0870. The van der Waals surface area contributed by atoms with Crippen molar-refractivity contribution in [2.45, 2.75) is 16.6 Å². The first-order valence-corrected chi connectivity index (χ1v) is 9.73. The van der Waals surface area contributed by atoms with Gasteiger partial charge in [0.25, 0.3) is 0 Å².